The SMILES string of the molecule is COc1ccc2[nH]cc(C3CCN(CCCOc4ccccc4)CC3)c2c1. The van der Waals surface area contributed by atoms with Crippen molar-refractivity contribution < 1.29 is 9.47 Å². The predicted molar refractivity (Wildman–Crippen MR) is 110 cm³/mol. The molecule has 3 aromatic rings. The monoisotopic (exact) mass is 364 g/mol. The minimum Gasteiger partial charge on any atom is -0.497 e. The van der Waals surface area contributed by atoms with Gasteiger partial charge in [-0.3, -0.25) is 0 Å². The van der Waals surface area contributed by atoms with Gasteiger partial charge in [0.1, 0.15) is 11.5 Å². The lowest BCUT2D eigenvalue weighted by Crippen LogP contribution is -2.34. The van der Waals surface area contributed by atoms with Crippen molar-refractivity contribution >= 4 is 10.9 Å². The van der Waals surface area contributed by atoms with Crippen LogP contribution in [-0.2, 0) is 0 Å². The summed E-state index contributed by atoms with van der Waals surface area (Å²) >= 11 is 0. The zero-order valence-corrected chi connectivity index (χ0v) is 16.0. The van der Waals surface area contributed by atoms with Crippen molar-refractivity contribution in [1.82, 2.24) is 9.88 Å². The number of aromatic amines is 1. The molecule has 1 aliphatic rings. The molecule has 0 unspecified atom stereocenters. The number of para-hydroxylation sites is 1. The van der Waals surface area contributed by atoms with Crippen molar-refractivity contribution in [1.29, 1.82) is 0 Å². The zero-order valence-electron chi connectivity index (χ0n) is 16.0. The fourth-order valence-corrected chi connectivity index (χ4v) is 4.05. The molecule has 2 heterocycles. The first-order chi connectivity index (χ1) is 13.3. The Hall–Kier alpha value is -2.46. The Balaban J connectivity index is 1.26. The second-order valence-electron chi connectivity index (χ2n) is 7.29. The van der Waals surface area contributed by atoms with E-state index in [4.69, 9.17) is 9.47 Å². The maximum atomic E-state index is 5.80. The number of hydrogen-bond acceptors (Lipinski definition) is 3. The molecule has 1 fully saturated rings. The smallest absolute Gasteiger partial charge is 0.119 e. The van der Waals surface area contributed by atoms with Crippen LogP contribution in [0.2, 0.25) is 0 Å². The molecule has 142 valence electrons. The molecular formula is C23H28N2O2. The van der Waals surface area contributed by atoms with E-state index in [0.29, 0.717) is 5.92 Å². The summed E-state index contributed by atoms with van der Waals surface area (Å²) in [4.78, 5) is 5.99. The maximum absolute atomic E-state index is 5.80. The third-order valence-corrected chi connectivity index (χ3v) is 5.58. The highest BCUT2D eigenvalue weighted by molar-refractivity contribution is 5.85. The molecule has 1 N–H and O–H groups in total. The summed E-state index contributed by atoms with van der Waals surface area (Å²) < 4.78 is 11.2. The Labute approximate surface area is 161 Å². The molecule has 27 heavy (non-hydrogen) atoms. The van der Waals surface area contributed by atoms with Crippen molar-refractivity contribution in [2.75, 3.05) is 33.4 Å². The largest absolute Gasteiger partial charge is 0.497 e. The van der Waals surface area contributed by atoms with Gasteiger partial charge in [-0.05, 0) is 74.2 Å². The van der Waals surface area contributed by atoms with E-state index in [9.17, 15) is 0 Å². The highest BCUT2D eigenvalue weighted by atomic mass is 16.5. The van der Waals surface area contributed by atoms with Gasteiger partial charge in [0.05, 0.1) is 13.7 Å². The second-order valence-corrected chi connectivity index (χ2v) is 7.29. The van der Waals surface area contributed by atoms with Crippen LogP contribution in [0, 0.1) is 0 Å². The number of likely N-dealkylation sites (tertiary alicyclic amines) is 1. The van der Waals surface area contributed by atoms with E-state index in [2.05, 4.69) is 28.2 Å². The van der Waals surface area contributed by atoms with Crippen molar-refractivity contribution in [3.05, 3.63) is 60.3 Å². The number of nitrogens with zero attached hydrogens (tertiary/aromatic N) is 1. The molecule has 1 saturated heterocycles. The average molecular weight is 364 g/mol. The van der Waals surface area contributed by atoms with Gasteiger partial charge in [0.2, 0.25) is 0 Å². The standard InChI is InChI=1S/C23H28N2O2/c1-26-20-8-9-23-21(16-20)22(17-24-23)18-10-13-25(14-11-18)12-5-15-27-19-6-3-2-4-7-19/h2-4,6-9,16-18,24H,5,10-15H2,1H3. The lowest BCUT2D eigenvalue weighted by atomic mass is 9.89. The molecule has 1 aromatic heterocycles. The second kappa shape index (κ2) is 8.49. The fourth-order valence-electron chi connectivity index (χ4n) is 4.05. The number of methoxy groups -OCH3 is 1. The lowest BCUT2D eigenvalue weighted by molar-refractivity contribution is 0.193. The number of ether oxygens (including phenoxy) is 2. The van der Waals surface area contributed by atoms with Crippen LogP contribution in [0.4, 0.5) is 0 Å². The van der Waals surface area contributed by atoms with Gasteiger partial charge in [-0.2, -0.15) is 0 Å². The van der Waals surface area contributed by atoms with E-state index < -0.39 is 0 Å². The van der Waals surface area contributed by atoms with Gasteiger partial charge in [-0.1, -0.05) is 18.2 Å². The molecule has 0 atom stereocenters. The summed E-state index contributed by atoms with van der Waals surface area (Å²) in [6.45, 7) is 4.22. The summed E-state index contributed by atoms with van der Waals surface area (Å²) in [7, 11) is 1.73. The molecule has 0 saturated carbocycles. The van der Waals surface area contributed by atoms with E-state index in [1.54, 1.807) is 7.11 Å². The Morgan fingerprint density at radius 1 is 1.04 bits per heavy atom. The Morgan fingerprint density at radius 3 is 2.63 bits per heavy atom. The highest BCUT2D eigenvalue weighted by Gasteiger charge is 2.22. The van der Waals surface area contributed by atoms with Crippen LogP contribution in [0.25, 0.3) is 10.9 Å². The third kappa shape index (κ3) is 4.28. The topological polar surface area (TPSA) is 37.5 Å². The fraction of sp³-hybridized carbons (Fsp3) is 0.391. The first-order valence-electron chi connectivity index (χ1n) is 9.89. The number of fused-ring (bicyclic) bond motifs is 1. The first-order valence-corrected chi connectivity index (χ1v) is 9.89. The molecule has 0 amide bonds. The molecule has 4 nitrogen and oxygen atoms in total. The van der Waals surface area contributed by atoms with Gasteiger partial charge in [-0.15, -0.1) is 0 Å². The van der Waals surface area contributed by atoms with Crippen LogP contribution in [0.1, 0.15) is 30.7 Å². The number of aromatic nitrogens is 1. The number of piperidine rings is 1. The molecule has 0 bridgehead atoms. The van der Waals surface area contributed by atoms with Crippen molar-refractivity contribution in [2.24, 2.45) is 0 Å². The molecule has 0 radical (unpaired) electrons. The minimum atomic E-state index is 0.627. The molecule has 0 aliphatic carbocycles. The van der Waals surface area contributed by atoms with Gasteiger partial charge in [-0.25, -0.2) is 0 Å². The predicted octanol–water partition coefficient (Wildman–Crippen LogP) is 4.83. The van der Waals surface area contributed by atoms with Gasteiger partial charge in [0, 0.05) is 23.6 Å². The third-order valence-electron chi connectivity index (χ3n) is 5.58. The highest BCUT2D eigenvalue weighted by Crippen LogP contribution is 2.34. The first kappa shape index (κ1) is 17.9. The van der Waals surface area contributed by atoms with Crippen LogP contribution in [0.5, 0.6) is 11.5 Å². The van der Waals surface area contributed by atoms with Crippen LogP contribution >= 0.6 is 0 Å². The average Bonchev–Trinajstić information content (AvgIpc) is 3.15. The summed E-state index contributed by atoms with van der Waals surface area (Å²) in [5.41, 5.74) is 2.64. The van der Waals surface area contributed by atoms with Crippen LogP contribution in [-0.4, -0.2) is 43.2 Å². The Morgan fingerprint density at radius 2 is 1.85 bits per heavy atom. The summed E-state index contributed by atoms with van der Waals surface area (Å²) in [5, 5.41) is 1.31. The summed E-state index contributed by atoms with van der Waals surface area (Å²) in [5.74, 6) is 2.52. The van der Waals surface area contributed by atoms with Gasteiger partial charge in [0.15, 0.2) is 0 Å². The van der Waals surface area contributed by atoms with E-state index in [0.717, 1.165) is 44.2 Å². The van der Waals surface area contributed by atoms with Crippen LogP contribution in [0.15, 0.2) is 54.7 Å². The van der Waals surface area contributed by atoms with Crippen molar-refractivity contribution in [3.8, 4) is 11.5 Å². The number of hydrogen-bond donors (Lipinski definition) is 1. The van der Waals surface area contributed by atoms with Gasteiger partial charge >= 0.3 is 0 Å². The molecule has 1 aliphatic heterocycles. The Kier molecular flexibility index (Phi) is 5.64. The number of nitrogens with one attached hydrogen (secondary N) is 1. The molecule has 0 spiro atoms. The summed E-state index contributed by atoms with van der Waals surface area (Å²) in [6, 6.07) is 16.4. The number of H-pyrrole nitrogens is 1. The number of benzene rings is 2. The van der Waals surface area contributed by atoms with Gasteiger partial charge < -0.3 is 19.4 Å². The van der Waals surface area contributed by atoms with Crippen LogP contribution < -0.4 is 9.47 Å². The minimum absolute atomic E-state index is 0.627. The normalized spacial score (nSPS) is 15.9. The molecule has 4 heteroatoms. The number of rotatable bonds is 7. The van der Waals surface area contributed by atoms with Crippen molar-refractivity contribution in [3.63, 3.8) is 0 Å². The molecule has 2 aromatic carbocycles. The zero-order chi connectivity index (χ0) is 18.5. The van der Waals surface area contributed by atoms with E-state index >= 15 is 0 Å². The van der Waals surface area contributed by atoms with E-state index in [1.807, 2.05) is 36.4 Å². The quantitative estimate of drug-likeness (QED) is 0.611. The molecule has 4 rings (SSSR count). The van der Waals surface area contributed by atoms with Crippen molar-refractivity contribution in [2.45, 2.75) is 25.2 Å². The lowest BCUT2D eigenvalue weighted by Gasteiger charge is -2.31. The van der Waals surface area contributed by atoms with Crippen LogP contribution in [0.3, 0.4) is 0 Å². The van der Waals surface area contributed by atoms with E-state index in [1.165, 1.54) is 29.3 Å². The maximum Gasteiger partial charge on any atom is 0.119 e. The summed E-state index contributed by atoms with van der Waals surface area (Å²) in [6.07, 6.45) is 5.69. The Bertz CT molecular complexity index is 851. The molecular weight excluding hydrogens is 336 g/mol. The van der Waals surface area contributed by atoms with E-state index in [-0.39, 0.29) is 0 Å². The van der Waals surface area contributed by atoms with Gasteiger partial charge in [0.25, 0.3) is 0 Å².